The molecule has 7 heteroatoms. The van der Waals surface area contributed by atoms with Gasteiger partial charge >= 0.3 is 0 Å². The topological polar surface area (TPSA) is 78.4 Å². The lowest BCUT2D eigenvalue weighted by Crippen LogP contribution is -2.45. The van der Waals surface area contributed by atoms with Gasteiger partial charge in [-0.3, -0.25) is 24.5 Å². The molecule has 0 bridgehead atoms. The van der Waals surface area contributed by atoms with Crippen LogP contribution in [-0.4, -0.2) is 59.9 Å². The number of hydrogen-bond acceptors (Lipinski definition) is 6. The fourth-order valence-corrected chi connectivity index (χ4v) is 3.93. The van der Waals surface area contributed by atoms with Gasteiger partial charge in [0.2, 0.25) is 0 Å². The van der Waals surface area contributed by atoms with Crippen LogP contribution >= 0.6 is 0 Å². The summed E-state index contributed by atoms with van der Waals surface area (Å²) >= 11 is 0. The predicted octanol–water partition coefficient (Wildman–Crippen LogP) is 1.42. The van der Waals surface area contributed by atoms with Crippen molar-refractivity contribution in [2.24, 2.45) is 0 Å². The second-order valence-electron chi connectivity index (χ2n) is 6.64. The van der Waals surface area contributed by atoms with Crippen LogP contribution in [0.1, 0.15) is 20.7 Å². The van der Waals surface area contributed by atoms with Gasteiger partial charge in [-0.05, 0) is 18.2 Å². The molecule has 3 heterocycles. The molecule has 1 N–H and O–H groups in total. The van der Waals surface area contributed by atoms with Crippen molar-refractivity contribution in [3.63, 3.8) is 0 Å². The van der Waals surface area contributed by atoms with Crippen molar-refractivity contribution in [1.29, 1.82) is 0 Å². The Morgan fingerprint density at radius 1 is 1.04 bits per heavy atom. The molecule has 0 spiro atoms. The summed E-state index contributed by atoms with van der Waals surface area (Å²) in [6.45, 7) is 3.39. The lowest BCUT2D eigenvalue weighted by molar-refractivity contribution is 0.0651. The summed E-state index contributed by atoms with van der Waals surface area (Å²) in [4.78, 5) is 38.0. The minimum Gasteiger partial charge on any atom is -0.368 e. The maximum Gasteiger partial charge on any atom is 0.263 e. The molecule has 0 saturated carbocycles. The number of aromatic nitrogens is 2. The van der Waals surface area contributed by atoms with Gasteiger partial charge in [-0.15, -0.1) is 0 Å². The van der Waals surface area contributed by atoms with Crippen LogP contribution in [0.3, 0.4) is 0 Å². The third-order valence-electron chi connectivity index (χ3n) is 5.23. The summed E-state index contributed by atoms with van der Waals surface area (Å²) in [6.07, 6.45) is 3.24. The first-order valence-corrected chi connectivity index (χ1v) is 8.65. The minimum atomic E-state index is -0.294. The lowest BCUT2D eigenvalue weighted by atomic mass is 9.91. The van der Waals surface area contributed by atoms with Crippen molar-refractivity contribution < 1.29 is 9.59 Å². The number of imide groups is 1. The number of piperazine rings is 1. The van der Waals surface area contributed by atoms with Gasteiger partial charge in [0.05, 0.1) is 27.8 Å². The van der Waals surface area contributed by atoms with Gasteiger partial charge in [0.25, 0.3) is 11.8 Å². The molecule has 5 rings (SSSR count). The number of rotatable bonds is 1. The smallest absolute Gasteiger partial charge is 0.263 e. The molecule has 0 radical (unpaired) electrons. The standard InChI is InChI=1S/C19H17N5O2/c1-23-18(25)12-10-13-17(22-5-4-21-13)11-2-3-14(16(15(11)12)19(23)26)24-8-6-20-7-9-24/h2-5,10,20H,6-9H2,1H3. The van der Waals surface area contributed by atoms with E-state index in [1.54, 1.807) is 18.5 Å². The van der Waals surface area contributed by atoms with E-state index >= 15 is 0 Å². The zero-order valence-corrected chi connectivity index (χ0v) is 14.3. The number of carbonyl (C=O) groups excluding carboxylic acids is 2. The maximum absolute atomic E-state index is 13.0. The van der Waals surface area contributed by atoms with E-state index < -0.39 is 0 Å². The fraction of sp³-hybridized carbons (Fsp3) is 0.263. The van der Waals surface area contributed by atoms with Crippen molar-refractivity contribution in [3.8, 4) is 0 Å². The highest BCUT2D eigenvalue weighted by atomic mass is 16.2. The molecule has 130 valence electrons. The van der Waals surface area contributed by atoms with E-state index in [1.165, 1.54) is 11.9 Å². The number of amides is 2. The highest BCUT2D eigenvalue weighted by Crippen LogP contribution is 2.38. The van der Waals surface area contributed by atoms with E-state index in [1.807, 2.05) is 12.1 Å². The number of hydrogen-bond donors (Lipinski definition) is 1. The Morgan fingerprint density at radius 2 is 1.81 bits per heavy atom. The van der Waals surface area contributed by atoms with Crippen LogP contribution in [0.25, 0.3) is 21.8 Å². The van der Waals surface area contributed by atoms with E-state index in [0.717, 1.165) is 37.3 Å². The molecular formula is C19H17N5O2. The first-order valence-electron chi connectivity index (χ1n) is 8.65. The monoisotopic (exact) mass is 347 g/mol. The van der Waals surface area contributed by atoms with Gasteiger partial charge in [0.15, 0.2) is 0 Å². The largest absolute Gasteiger partial charge is 0.368 e. The summed E-state index contributed by atoms with van der Waals surface area (Å²) in [5.74, 6) is -0.553. The molecule has 0 unspecified atom stereocenters. The second kappa shape index (κ2) is 5.47. The van der Waals surface area contributed by atoms with Crippen LogP contribution in [0.2, 0.25) is 0 Å². The minimum absolute atomic E-state index is 0.259. The second-order valence-corrected chi connectivity index (χ2v) is 6.64. The molecule has 2 aromatic carbocycles. The molecule has 1 saturated heterocycles. The number of benzene rings is 2. The van der Waals surface area contributed by atoms with Gasteiger partial charge in [-0.2, -0.15) is 0 Å². The Balaban J connectivity index is 1.90. The van der Waals surface area contributed by atoms with Crippen molar-refractivity contribution in [3.05, 3.63) is 41.7 Å². The van der Waals surface area contributed by atoms with Crippen molar-refractivity contribution >= 4 is 39.3 Å². The fourth-order valence-electron chi connectivity index (χ4n) is 3.93. The van der Waals surface area contributed by atoms with Gasteiger partial charge in [-0.1, -0.05) is 0 Å². The maximum atomic E-state index is 13.0. The number of fused-ring (bicyclic) bond motifs is 2. The third-order valence-corrected chi connectivity index (χ3v) is 5.23. The molecule has 0 atom stereocenters. The summed E-state index contributed by atoms with van der Waals surface area (Å²) in [5, 5.41) is 4.82. The lowest BCUT2D eigenvalue weighted by Gasteiger charge is -2.33. The summed E-state index contributed by atoms with van der Waals surface area (Å²) < 4.78 is 0. The summed E-state index contributed by atoms with van der Waals surface area (Å²) in [7, 11) is 1.54. The molecule has 0 aliphatic carbocycles. The number of nitrogens with one attached hydrogen (secondary N) is 1. The van der Waals surface area contributed by atoms with Crippen LogP contribution < -0.4 is 10.2 Å². The Kier molecular flexibility index (Phi) is 3.20. The summed E-state index contributed by atoms with van der Waals surface area (Å²) in [5.41, 5.74) is 3.36. The normalized spacial score (nSPS) is 17.4. The molecule has 3 aromatic rings. The number of nitrogens with zero attached hydrogens (tertiary/aromatic N) is 4. The van der Waals surface area contributed by atoms with Gasteiger partial charge in [0.1, 0.15) is 0 Å². The molecule has 1 aromatic heterocycles. The van der Waals surface area contributed by atoms with Crippen LogP contribution in [0, 0.1) is 0 Å². The van der Waals surface area contributed by atoms with Gasteiger partial charge < -0.3 is 10.2 Å². The molecule has 26 heavy (non-hydrogen) atoms. The van der Waals surface area contributed by atoms with E-state index in [2.05, 4.69) is 20.2 Å². The number of anilines is 1. The quantitative estimate of drug-likeness (QED) is 0.530. The molecule has 7 nitrogen and oxygen atoms in total. The third kappa shape index (κ3) is 1.97. The summed E-state index contributed by atoms with van der Waals surface area (Å²) in [6, 6.07) is 5.69. The van der Waals surface area contributed by atoms with Crippen molar-refractivity contribution in [2.75, 3.05) is 38.1 Å². The Hall–Kier alpha value is -3.06. The average Bonchev–Trinajstić information content (AvgIpc) is 2.70. The molecule has 1 fully saturated rings. The zero-order valence-electron chi connectivity index (χ0n) is 14.3. The Labute approximate surface area is 149 Å². The van der Waals surface area contributed by atoms with Crippen LogP contribution in [-0.2, 0) is 0 Å². The SMILES string of the molecule is CN1C(=O)c2cc3nccnc3c3ccc(N4CCNCC4)c(c23)C1=O. The average molecular weight is 347 g/mol. The van der Waals surface area contributed by atoms with Crippen molar-refractivity contribution in [2.45, 2.75) is 0 Å². The molecular weight excluding hydrogens is 330 g/mol. The van der Waals surface area contributed by atoms with E-state index in [9.17, 15) is 9.59 Å². The Morgan fingerprint density at radius 3 is 2.62 bits per heavy atom. The van der Waals surface area contributed by atoms with Gasteiger partial charge in [-0.25, -0.2) is 0 Å². The van der Waals surface area contributed by atoms with Crippen LogP contribution in [0.5, 0.6) is 0 Å². The van der Waals surface area contributed by atoms with Crippen LogP contribution in [0.15, 0.2) is 30.6 Å². The predicted molar refractivity (Wildman–Crippen MR) is 98.6 cm³/mol. The van der Waals surface area contributed by atoms with Gasteiger partial charge in [0, 0.05) is 56.4 Å². The van der Waals surface area contributed by atoms with Crippen LogP contribution in [0.4, 0.5) is 5.69 Å². The number of carbonyl (C=O) groups is 2. The highest BCUT2D eigenvalue weighted by molar-refractivity contribution is 6.30. The van der Waals surface area contributed by atoms with E-state index in [-0.39, 0.29) is 11.8 Å². The van der Waals surface area contributed by atoms with Crippen molar-refractivity contribution in [1.82, 2.24) is 20.2 Å². The first kappa shape index (κ1) is 15.2. The zero-order chi connectivity index (χ0) is 17.8. The van der Waals surface area contributed by atoms with E-state index in [0.29, 0.717) is 27.5 Å². The molecule has 2 aliphatic heterocycles. The Bertz CT molecular complexity index is 1090. The molecule has 2 amide bonds. The highest BCUT2D eigenvalue weighted by Gasteiger charge is 2.34. The first-order chi connectivity index (χ1) is 12.7. The van der Waals surface area contributed by atoms with E-state index in [4.69, 9.17) is 0 Å². The molecule has 2 aliphatic rings.